The zero-order chi connectivity index (χ0) is 16.0. The van der Waals surface area contributed by atoms with Gasteiger partial charge in [0.05, 0.1) is 6.26 Å². The summed E-state index contributed by atoms with van der Waals surface area (Å²) in [6.07, 6.45) is 1.46. The monoisotopic (exact) mass is 311 g/mol. The molecule has 3 heterocycles. The maximum absolute atomic E-state index is 12.7. The number of urea groups is 1. The van der Waals surface area contributed by atoms with Crippen LogP contribution in [0.4, 0.5) is 4.79 Å². The number of nitrogens with zero attached hydrogens (tertiary/aromatic N) is 2. The quantitative estimate of drug-likeness (QED) is 0.750. The number of oxazole rings is 1. The molecule has 4 rings (SSSR count). The highest BCUT2D eigenvalue weighted by Gasteiger charge is 2.51. The van der Waals surface area contributed by atoms with Crippen molar-refractivity contribution in [2.75, 3.05) is 0 Å². The average molecular weight is 311 g/mol. The van der Waals surface area contributed by atoms with E-state index in [9.17, 15) is 9.59 Å². The second kappa shape index (κ2) is 4.70. The van der Waals surface area contributed by atoms with Crippen LogP contribution in [0.5, 0.6) is 0 Å². The number of furan rings is 1. The molecular formula is C16H13N3O4. The molecule has 1 aromatic carbocycles. The lowest BCUT2D eigenvalue weighted by Crippen LogP contribution is -2.40. The molecule has 0 aliphatic carbocycles. The van der Waals surface area contributed by atoms with Gasteiger partial charge in [-0.15, -0.1) is 0 Å². The van der Waals surface area contributed by atoms with Gasteiger partial charge in [-0.25, -0.2) is 9.78 Å². The number of aromatic nitrogens is 1. The van der Waals surface area contributed by atoms with E-state index in [0.29, 0.717) is 22.8 Å². The van der Waals surface area contributed by atoms with Crippen LogP contribution in [0, 0.1) is 0 Å². The summed E-state index contributed by atoms with van der Waals surface area (Å²) in [6.45, 7) is 1.58. The van der Waals surface area contributed by atoms with Crippen molar-refractivity contribution >= 4 is 23.0 Å². The van der Waals surface area contributed by atoms with Gasteiger partial charge in [-0.3, -0.25) is 9.69 Å². The van der Waals surface area contributed by atoms with Crippen LogP contribution in [0.25, 0.3) is 11.1 Å². The van der Waals surface area contributed by atoms with E-state index in [4.69, 9.17) is 8.83 Å². The highest BCUT2D eigenvalue weighted by Crippen LogP contribution is 2.30. The Hall–Kier alpha value is -3.09. The molecule has 23 heavy (non-hydrogen) atoms. The summed E-state index contributed by atoms with van der Waals surface area (Å²) in [6, 6.07) is 10.1. The number of carbonyl (C=O) groups excluding carboxylic acids is 2. The average Bonchev–Trinajstić information content (AvgIpc) is 3.23. The first-order chi connectivity index (χ1) is 11.1. The molecule has 0 unspecified atom stereocenters. The van der Waals surface area contributed by atoms with E-state index in [1.165, 1.54) is 6.26 Å². The second-order valence-electron chi connectivity index (χ2n) is 5.50. The van der Waals surface area contributed by atoms with E-state index in [0.717, 1.165) is 4.90 Å². The number of benzene rings is 1. The Bertz CT molecular complexity index is 866. The fourth-order valence-corrected chi connectivity index (χ4v) is 2.69. The lowest BCUT2D eigenvalue weighted by Gasteiger charge is -2.18. The lowest BCUT2D eigenvalue weighted by atomic mass is 9.99. The molecule has 3 amide bonds. The molecule has 1 aliphatic heterocycles. The smallest absolute Gasteiger partial charge is 0.325 e. The third-order valence-electron chi connectivity index (χ3n) is 3.92. The van der Waals surface area contributed by atoms with E-state index in [1.807, 2.05) is 12.1 Å². The van der Waals surface area contributed by atoms with Gasteiger partial charge >= 0.3 is 6.03 Å². The maximum atomic E-state index is 12.7. The van der Waals surface area contributed by atoms with Crippen LogP contribution < -0.4 is 5.32 Å². The molecule has 116 valence electrons. The molecule has 1 saturated heterocycles. The first-order valence-corrected chi connectivity index (χ1v) is 7.10. The highest BCUT2D eigenvalue weighted by molar-refractivity contribution is 6.06. The Balaban J connectivity index is 1.64. The zero-order valence-electron chi connectivity index (χ0n) is 12.3. The standard InChI is InChI=1S/C16H13N3O4/c1-16(12-7-4-8-22-12)14(20)19(15(21)18-16)9-13-17-10-5-2-3-6-11(10)23-13/h2-8H,9H2,1H3,(H,18,21)/t16-/m0/s1. The predicted octanol–water partition coefficient (Wildman–Crippen LogP) is 2.39. The number of para-hydroxylation sites is 2. The lowest BCUT2D eigenvalue weighted by molar-refractivity contribution is -0.132. The summed E-state index contributed by atoms with van der Waals surface area (Å²) in [5.74, 6) is 0.286. The number of nitrogens with one attached hydrogen (secondary N) is 1. The molecule has 0 spiro atoms. The fourth-order valence-electron chi connectivity index (χ4n) is 2.69. The Morgan fingerprint density at radius 2 is 2.04 bits per heavy atom. The minimum Gasteiger partial charge on any atom is -0.466 e. The summed E-state index contributed by atoms with van der Waals surface area (Å²) >= 11 is 0. The molecule has 1 fully saturated rings. The Morgan fingerprint density at radius 3 is 2.78 bits per heavy atom. The van der Waals surface area contributed by atoms with Crippen LogP contribution in [0.3, 0.4) is 0 Å². The number of fused-ring (bicyclic) bond motifs is 1. The van der Waals surface area contributed by atoms with Crippen LogP contribution in [-0.4, -0.2) is 21.8 Å². The second-order valence-corrected chi connectivity index (χ2v) is 5.50. The van der Waals surface area contributed by atoms with E-state index >= 15 is 0 Å². The molecule has 0 bridgehead atoms. The Kier molecular flexibility index (Phi) is 2.77. The van der Waals surface area contributed by atoms with Gasteiger partial charge in [-0.05, 0) is 31.2 Å². The Labute approximate surface area is 130 Å². The third-order valence-corrected chi connectivity index (χ3v) is 3.92. The molecule has 7 heteroatoms. The van der Waals surface area contributed by atoms with Gasteiger partial charge in [-0.2, -0.15) is 0 Å². The molecular weight excluding hydrogens is 298 g/mol. The summed E-state index contributed by atoms with van der Waals surface area (Å²) in [5, 5.41) is 2.66. The van der Waals surface area contributed by atoms with Crippen molar-refractivity contribution in [1.29, 1.82) is 0 Å². The molecule has 2 aromatic heterocycles. The number of carbonyl (C=O) groups is 2. The third kappa shape index (κ3) is 2.01. The van der Waals surface area contributed by atoms with Gasteiger partial charge in [0.15, 0.2) is 11.1 Å². The van der Waals surface area contributed by atoms with Crippen LogP contribution >= 0.6 is 0 Å². The van der Waals surface area contributed by atoms with Gasteiger partial charge in [0.2, 0.25) is 5.89 Å². The van der Waals surface area contributed by atoms with Crippen molar-refractivity contribution in [2.24, 2.45) is 0 Å². The number of imide groups is 1. The SMILES string of the molecule is C[C@@]1(c2ccco2)NC(=O)N(Cc2nc3ccccc3o2)C1=O. The summed E-state index contributed by atoms with van der Waals surface area (Å²) in [4.78, 5) is 30.2. The van der Waals surface area contributed by atoms with E-state index < -0.39 is 17.5 Å². The summed E-state index contributed by atoms with van der Waals surface area (Å²) < 4.78 is 10.9. The number of hydrogen-bond acceptors (Lipinski definition) is 5. The number of amides is 3. The molecule has 0 saturated carbocycles. The normalized spacial score (nSPS) is 21.2. The largest absolute Gasteiger partial charge is 0.466 e. The van der Waals surface area contributed by atoms with Crippen molar-refractivity contribution in [1.82, 2.24) is 15.2 Å². The van der Waals surface area contributed by atoms with Crippen LogP contribution in [-0.2, 0) is 16.9 Å². The van der Waals surface area contributed by atoms with Gasteiger partial charge in [0.1, 0.15) is 17.8 Å². The van der Waals surface area contributed by atoms with Crippen LogP contribution in [0.2, 0.25) is 0 Å². The molecule has 1 aliphatic rings. The molecule has 7 nitrogen and oxygen atoms in total. The maximum Gasteiger partial charge on any atom is 0.325 e. The Morgan fingerprint density at radius 1 is 1.22 bits per heavy atom. The fraction of sp³-hybridized carbons (Fsp3) is 0.188. The number of rotatable bonds is 3. The van der Waals surface area contributed by atoms with Gasteiger partial charge in [0.25, 0.3) is 5.91 Å². The zero-order valence-corrected chi connectivity index (χ0v) is 12.3. The molecule has 0 radical (unpaired) electrons. The van der Waals surface area contributed by atoms with Crippen molar-refractivity contribution in [3.05, 3.63) is 54.3 Å². The summed E-state index contributed by atoms with van der Waals surface area (Å²) in [5.41, 5.74) is 0.0822. The van der Waals surface area contributed by atoms with Gasteiger partial charge < -0.3 is 14.2 Å². The minimum absolute atomic E-state index is 0.0321. The number of hydrogen-bond donors (Lipinski definition) is 1. The van der Waals surface area contributed by atoms with E-state index in [1.54, 1.807) is 31.2 Å². The van der Waals surface area contributed by atoms with E-state index in [-0.39, 0.29) is 6.54 Å². The first-order valence-electron chi connectivity index (χ1n) is 7.10. The van der Waals surface area contributed by atoms with Crippen molar-refractivity contribution in [3.63, 3.8) is 0 Å². The first kappa shape index (κ1) is 13.6. The van der Waals surface area contributed by atoms with Gasteiger partial charge in [-0.1, -0.05) is 12.1 Å². The van der Waals surface area contributed by atoms with Crippen molar-refractivity contribution in [3.8, 4) is 0 Å². The van der Waals surface area contributed by atoms with Crippen molar-refractivity contribution < 1.29 is 18.4 Å². The molecule has 1 atom stereocenters. The van der Waals surface area contributed by atoms with E-state index in [2.05, 4.69) is 10.3 Å². The highest BCUT2D eigenvalue weighted by atomic mass is 16.4. The molecule has 3 aromatic rings. The van der Waals surface area contributed by atoms with Crippen molar-refractivity contribution in [2.45, 2.75) is 19.0 Å². The summed E-state index contributed by atoms with van der Waals surface area (Å²) in [7, 11) is 0. The van der Waals surface area contributed by atoms with Crippen LogP contribution in [0.1, 0.15) is 18.6 Å². The minimum atomic E-state index is -1.22. The topological polar surface area (TPSA) is 88.6 Å². The van der Waals surface area contributed by atoms with Crippen LogP contribution in [0.15, 0.2) is 51.5 Å². The van der Waals surface area contributed by atoms with Gasteiger partial charge in [0, 0.05) is 0 Å². The molecule has 1 N–H and O–H groups in total. The predicted molar refractivity (Wildman–Crippen MR) is 79.2 cm³/mol.